The van der Waals surface area contributed by atoms with E-state index in [9.17, 15) is 16.8 Å². The molecule has 0 spiro atoms. The van der Waals surface area contributed by atoms with Gasteiger partial charge in [0.25, 0.3) is 29.4 Å². The summed E-state index contributed by atoms with van der Waals surface area (Å²) in [5.74, 6) is 0.680. The van der Waals surface area contributed by atoms with E-state index < -0.39 is 32.3 Å². The first kappa shape index (κ1) is 49.9. The van der Waals surface area contributed by atoms with Crippen molar-refractivity contribution >= 4 is 61.1 Å². The SMILES string of the molecule is CN1CCC(N)CC1.CN1CCC(NS(=O)(=O)c2nc(Nc3c4c(cc5c3CCC5)CCC4)n[nH]2)CC1.C[Si](C)(C)CCOCn1nc(S(=O)(=O)Cl)nc1Nc1c2c(cc3c1CCC3)CCC2. The van der Waals surface area contributed by atoms with E-state index in [4.69, 9.17) is 21.2 Å². The molecule has 21 heteroatoms. The van der Waals surface area contributed by atoms with Crippen LogP contribution in [0.1, 0.15) is 95.9 Å². The molecule has 4 aromatic rings. The van der Waals surface area contributed by atoms with Gasteiger partial charge in [0.05, 0.1) is 0 Å². The number of sulfonamides is 1. The Kier molecular flexibility index (Phi) is 15.8. The summed E-state index contributed by atoms with van der Waals surface area (Å²) in [5.41, 5.74) is 18.8. The van der Waals surface area contributed by atoms with Crippen LogP contribution in [-0.2, 0) is 81.9 Å². The number of piperidine rings is 2. The number of ether oxygens (including phenoxy) is 1. The van der Waals surface area contributed by atoms with Gasteiger partial charge in [-0.15, -0.1) is 10.2 Å². The number of halogens is 1. The second kappa shape index (κ2) is 21.3. The van der Waals surface area contributed by atoms with E-state index in [1.807, 2.05) is 0 Å². The standard InChI is InChI=1S/C20H29ClN4O3SSi.C20H28N6O2S.C6H14N2/c1-30(2,3)11-10-28-13-25-19(23-20(24-25)29(21,26)27)22-18-16-8-4-6-14(16)12-15-7-5-9-17(15)18;1-26-10-8-15(9-11-26)25-29(27,28)20-22-19(23-24-20)21-18-16-6-2-4-13(16)12-14-5-3-7-17(14)18;1-8-4-2-6(7)3-5-8/h12H,4-11,13H2,1-3H3,(H,22,23,24);12,15,25H,2-11H2,1H3,(H2,21,22,23,24);6H,2-5,7H2,1H3. The van der Waals surface area contributed by atoms with E-state index in [2.05, 4.69) is 96.3 Å². The second-order valence-corrected chi connectivity index (χ2v) is 30.2. The van der Waals surface area contributed by atoms with Crippen LogP contribution in [0.2, 0.25) is 25.7 Å². The van der Waals surface area contributed by atoms with Gasteiger partial charge in [0.1, 0.15) is 6.73 Å². The lowest BCUT2D eigenvalue weighted by molar-refractivity contribution is 0.0792. The van der Waals surface area contributed by atoms with Crippen LogP contribution < -0.4 is 21.1 Å². The van der Waals surface area contributed by atoms with Crippen LogP contribution in [0, 0.1) is 0 Å². The van der Waals surface area contributed by atoms with E-state index in [0.29, 0.717) is 24.5 Å². The number of aromatic nitrogens is 6. The molecule has 4 aliphatic carbocycles. The minimum absolute atomic E-state index is 0.0571. The summed E-state index contributed by atoms with van der Waals surface area (Å²) in [4.78, 5) is 13.0. The fourth-order valence-electron chi connectivity index (χ4n) is 10.1. The van der Waals surface area contributed by atoms with Gasteiger partial charge in [-0.2, -0.15) is 9.97 Å². The Morgan fingerprint density at radius 3 is 1.72 bits per heavy atom. The van der Waals surface area contributed by atoms with Crippen LogP contribution in [0.3, 0.4) is 0 Å². The lowest BCUT2D eigenvalue weighted by Gasteiger charge is -2.28. The molecular formula is C46H71ClN12O5S2Si. The number of anilines is 4. The summed E-state index contributed by atoms with van der Waals surface area (Å²) >= 11 is 0. The Morgan fingerprint density at radius 2 is 1.24 bits per heavy atom. The molecule has 0 bridgehead atoms. The minimum atomic E-state index is -4.03. The molecule has 2 aliphatic heterocycles. The molecule has 0 saturated carbocycles. The van der Waals surface area contributed by atoms with E-state index in [1.54, 1.807) is 0 Å². The Bertz CT molecular complexity index is 2530. The minimum Gasteiger partial charge on any atom is -0.359 e. The lowest BCUT2D eigenvalue weighted by atomic mass is 9.99. The van der Waals surface area contributed by atoms with Crippen molar-refractivity contribution in [1.82, 2.24) is 44.5 Å². The number of nitrogens with two attached hydrogens (primary N) is 1. The monoisotopic (exact) mass is 998 g/mol. The largest absolute Gasteiger partial charge is 0.359 e. The summed E-state index contributed by atoms with van der Waals surface area (Å²) in [6.45, 7) is 11.7. The molecule has 0 radical (unpaired) electrons. The summed E-state index contributed by atoms with van der Waals surface area (Å²) in [6, 6.07) is 6.17. The molecule has 10 rings (SSSR count). The van der Waals surface area contributed by atoms with Crippen molar-refractivity contribution in [3.8, 4) is 0 Å². The number of benzene rings is 2. The van der Waals surface area contributed by atoms with Gasteiger partial charge in [0.15, 0.2) is 0 Å². The average molecular weight is 1000 g/mol. The molecule has 2 aromatic carbocycles. The Morgan fingerprint density at radius 1 is 0.746 bits per heavy atom. The van der Waals surface area contributed by atoms with Crippen LogP contribution >= 0.6 is 10.7 Å². The highest BCUT2D eigenvalue weighted by Crippen LogP contribution is 2.41. The molecule has 0 atom stereocenters. The number of hydrogen-bond acceptors (Lipinski definition) is 14. The highest BCUT2D eigenvalue weighted by Gasteiger charge is 2.30. The van der Waals surface area contributed by atoms with Crippen molar-refractivity contribution in [2.45, 2.75) is 158 Å². The number of aryl methyl sites for hydroxylation is 4. The first-order valence-electron chi connectivity index (χ1n) is 24.3. The molecule has 0 unspecified atom stereocenters. The first-order valence-corrected chi connectivity index (χ1v) is 31.8. The van der Waals surface area contributed by atoms with Crippen LogP contribution in [0.25, 0.3) is 0 Å². The summed E-state index contributed by atoms with van der Waals surface area (Å²) < 4.78 is 59.2. The van der Waals surface area contributed by atoms with Crippen molar-refractivity contribution in [3.05, 3.63) is 56.6 Å². The summed E-state index contributed by atoms with van der Waals surface area (Å²) in [5, 5.41) is 17.1. The van der Waals surface area contributed by atoms with Crippen LogP contribution in [-0.4, -0.2) is 124 Å². The van der Waals surface area contributed by atoms with Crippen LogP contribution in [0.4, 0.5) is 23.3 Å². The number of aromatic amines is 1. The van der Waals surface area contributed by atoms with Gasteiger partial charge < -0.3 is 30.9 Å². The predicted octanol–water partition coefficient (Wildman–Crippen LogP) is 6.18. The number of hydrogen-bond donors (Lipinski definition) is 5. The number of nitrogens with one attached hydrogen (secondary N) is 4. The molecule has 2 fully saturated rings. The molecule has 6 aliphatic rings. The number of rotatable bonds is 13. The van der Waals surface area contributed by atoms with Crippen molar-refractivity contribution < 1.29 is 21.6 Å². The smallest absolute Gasteiger partial charge is 0.298 e. The van der Waals surface area contributed by atoms with E-state index in [0.717, 1.165) is 108 Å². The average Bonchev–Trinajstić information content (AvgIpc) is 4.13. The van der Waals surface area contributed by atoms with E-state index in [1.165, 1.54) is 88.0 Å². The Hall–Kier alpha value is -3.47. The third-order valence-electron chi connectivity index (χ3n) is 14.0. The molecular weight excluding hydrogens is 928 g/mol. The van der Waals surface area contributed by atoms with Gasteiger partial charge in [0.2, 0.25) is 11.9 Å². The first-order chi connectivity index (χ1) is 31.9. The molecule has 67 heavy (non-hydrogen) atoms. The Balaban J connectivity index is 0.000000156. The van der Waals surface area contributed by atoms with Gasteiger partial charge in [-0.25, -0.2) is 31.3 Å². The van der Waals surface area contributed by atoms with Crippen LogP contribution in [0.15, 0.2) is 22.4 Å². The maximum atomic E-state index is 12.7. The number of fused-ring (bicyclic) bond motifs is 4. The molecule has 2 saturated heterocycles. The molecule has 4 heterocycles. The number of H-pyrrole nitrogens is 1. The van der Waals surface area contributed by atoms with Gasteiger partial charge in [-0.1, -0.05) is 31.8 Å². The van der Waals surface area contributed by atoms with Gasteiger partial charge in [-0.3, -0.25) is 0 Å². The molecule has 6 N–H and O–H groups in total. The fourth-order valence-corrected chi connectivity index (χ4v) is 12.7. The van der Waals surface area contributed by atoms with Gasteiger partial charge in [0, 0.05) is 48.8 Å². The van der Waals surface area contributed by atoms with E-state index in [-0.39, 0.29) is 17.9 Å². The zero-order valence-electron chi connectivity index (χ0n) is 40.0. The number of nitrogens with zero attached hydrogens (tertiary/aromatic N) is 7. The highest BCUT2D eigenvalue weighted by atomic mass is 35.7. The van der Waals surface area contributed by atoms with Crippen molar-refractivity contribution in [2.24, 2.45) is 5.73 Å². The van der Waals surface area contributed by atoms with Crippen molar-refractivity contribution in [2.75, 3.05) is 57.5 Å². The third kappa shape index (κ3) is 12.7. The zero-order valence-corrected chi connectivity index (χ0v) is 43.4. The second-order valence-electron chi connectivity index (χ2n) is 20.5. The topological polar surface area (TPSA) is 218 Å². The quantitative estimate of drug-likeness (QED) is 0.0575. The normalized spacial score (nSPS) is 19.0. The zero-order chi connectivity index (χ0) is 47.5. The van der Waals surface area contributed by atoms with E-state index >= 15 is 0 Å². The van der Waals surface area contributed by atoms with Gasteiger partial charge in [-0.05, 0) is 194 Å². The molecule has 0 amide bonds. The summed E-state index contributed by atoms with van der Waals surface area (Å²) in [7, 11) is 0.759. The predicted molar refractivity (Wildman–Crippen MR) is 267 cm³/mol. The number of likely N-dealkylation sites (tertiary alicyclic amines) is 2. The fraction of sp³-hybridized carbons (Fsp3) is 0.652. The highest BCUT2D eigenvalue weighted by molar-refractivity contribution is 8.13. The lowest BCUT2D eigenvalue weighted by Crippen LogP contribution is -2.43. The van der Waals surface area contributed by atoms with Crippen LogP contribution in [0.5, 0.6) is 0 Å². The van der Waals surface area contributed by atoms with Gasteiger partial charge >= 0.3 is 0 Å². The molecule has 17 nitrogen and oxygen atoms in total. The van der Waals surface area contributed by atoms with Crippen molar-refractivity contribution in [1.29, 1.82) is 0 Å². The molecule has 368 valence electrons. The maximum absolute atomic E-state index is 12.7. The maximum Gasteiger partial charge on any atom is 0.298 e. The third-order valence-corrected chi connectivity index (χ3v) is 18.1. The molecule has 2 aromatic heterocycles. The summed E-state index contributed by atoms with van der Waals surface area (Å²) in [6.07, 6.45) is 17.1. The van der Waals surface area contributed by atoms with Crippen molar-refractivity contribution in [3.63, 3.8) is 0 Å². The Labute approximate surface area is 402 Å².